The number of rotatable bonds is 1. The Morgan fingerprint density at radius 2 is 2.06 bits per heavy atom. The molecule has 1 aromatic rings. The maximum atomic E-state index is 12.0. The fraction of sp³-hybridized carbons (Fsp3) is 0.455. The zero-order valence-electron chi connectivity index (χ0n) is 8.98. The summed E-state index contributed by atoms with van der Waals surface area (Å²) in [5.74, 6) is -0.0387. The molecule has 5 heteroatoms. The van der Waals surface area contributed by atoms with Crippen molar-refractivity contribution in [2.75, 3.05) is 13.1 Å². The Hall–Kier alpha value is -1.62. The van der Waals surface area contributed by atoms with E-state index in [1.54, 1.807) is 11.0 Å². The Bertz CT molecular complexity index is 413. The summed E-state index contributed by atoms with van der Waals surface area (Å²) in [4.78, 5) is 27.1. The number of aromatic nitrogens is 1. The first kappa shape index (κ1) is 10.9. The molecule has 86 valence electrons. The lowest BCUT2D eigenvalue weighted by Crippen LogP contribution is -2.42. The van der Waals surface area contributed by atoms with Gasteiger partial charge in [0.15, 0.2) is 0 Å². The molecule has 1 aromatic heterocycles. The molecule has 1 amide bonds. The maximum absolute atomic E-state index is 12.0. The van der Waals surface area contributed by atoms with E-state index in [9.17, 15) is 9.59 Å². The number of hydrogen-bond donors (Lipinski definition) is 2. The van der Waals surface area contributed by atoms with Crippen molar-refractivity contribution < 1.29 is 4.79 Å². The highest BCUT2D eigenvalue weighted by atomic mass is 16.2. The van der Waals surface area contributed by atoms with Crippen molar-refractivity contribution in [3.63, 3.8) is 0 Å². The second-order valence-electron chi connectivity index (χ2n) is 4.07. The van der Waals surface area contributed by atoms with Crippen LogP contribution in [0.15, 0.2) is 23.1 Å². The molecule has 0 bridgehead atoms. The molecule has 0 unspecified atom stereocenters. The van der Waals surface area contributed by atoms with Crippen LogP contribution in [0.4, 0.5) is 0 Å². The lowest BCUT2D eigenvalue weighted by atomic mass is 10.1. The minimum absolute atomic E-state index is 0.0387. The molecule has 0 radical (unpaired) electrons. The van der Waals surface area contributed by atoms with Gasteiger partial charge in [0.2, 0.25) is 5.56 Å². The Kier molecular flexibility index (Phi) is 3.05. The van der Waals surface area contributed by atoms with Crippen LogP contribution in [-0.4, -0.2) is 34.9 Å². The summed E-state index contributed by atoms with van der Waals surface area (Å²) in [5, 5.41) is 0. The second kappa shape index (κ2) is 4.49. The second-order valence-corrected chi connectivity index (χ2v) is 4.07. The summed E-state index contributed by atoms with van der Waals surface area (Å²) in [6.45, 7) is 1.39. The van der Waals surface area contributed by atoms with Gasteiger partial charge in [0.05, 0.1) is 5.56 Å². The third-order valence-electron chi connectivity index (χ3n) is 2.86. The quantitative estimate of drug-likeness (QED) is 0.697. The van der Waals surface area contributed by atoms with E-state index in [1.807, 2.05) is 0 Å². The molecule has 2 rings (SSSR count). The van der Waals surface area contributed by atoms with E-state index in [0.29, 0.717) is 18.7 Å². The number of nitrogens with one attached hydrogen (secondary N) is 1. The molecular formula is C11H15N3O2. The van der Waals surface area contributed by atoms with Crippen molar-refractivity contribution in [3.8, 4) is 0 Å². The van der Waals surface area contributed by atoms with Crippen LogP contribution in [0.3, 0.4) is 0 Å². The van der Waals surface area contributed by atoms with Crippen molar-refractivity contribution >= 4 is 5.91 Å². The molecule has 0 saturated carbocycles. The van der Waals surface area contributed by atoms with Crippen LogP contribution in [0.25, 0.3) is 0 Å². The number of H-pyrrole nitrogens is 1. The lowest BCUT2D eigenvalue weighted by Gasteiger charge is -2.30. The zero-order chi connectivity index (χ0) is 11.5. The topological polar surface area (TPSA) is 79.2 Å². The number of aromatic amines is 1. The summed E-state index contributed by atoms with van der Waals surface area (Å²) < 4.78 is 0. The average molecular weight is 221 g/mol. The van der Waals surface area contributed by atoms with Gasteiger partial charge in [-0.3, -0.25) is 9.59 Å². The van der Waals surface area contributed by atoms with Crippen molar-refractivity contribution in [2.24, 2.45) is 5.73 Å². The largest absolute Gasteiger partial charge is 0.338 e. The minimum atomic E-state index is -0.197. The molecule has 1 aliphatic rings. The zero-order valence-corrected chi connectivity index (χ0v) is 8.98. The predicted octanol–water partition coefficient (Wildman–Crippen LogP) is -0.0618. The van der Waals surface area contributed by atoms with E-state index >= 15 is 0 Å². The van der Waals surface area contributed by atoms with E-state index in [1.165, 1.54) is 12.3 Å². The molecule has 5 nitrogen and oxygen atoms in total. The van der Waals surface area contributed by atoms with Gasteiger partial charge in [-0.25, -0.2) is 0 Å². The molecule has 0 aliphatic carbocycles. The van der Waals surface area contributed by atoms with Crippen molar-refractivity contribution in [1.29, 1.82) is 0 Å². The number of nitrogens with two attached hydrogens (primary N) is 1. The Morgan fingerprint density at radius 3 is 2.62 bits per heavy atom. The van der Waals surface area contributed by atoms with Crippen LogP contribution in [0.5, 0.6) is 0 Å². The molecule has 3 N–H and O–H groups in total. The van der Waals surface area contributed by atoms with Crippen LogP contribution in [0, 0.1) is 0 Å². The van der Waals surface area contributed by atoms with E-state index in [-0.39, 0.29) is 17.5 Å². The van der Waals surface area contributed by atoms with E-state index in [0.717, 1.165) is 12.8 Å². The van der Waals surface area contributed by atoms with E-state index in [2.05, 4.69) is 4.98 Å². The first-order valence-electron chi connectivity index (χ1n) is 5.40. The van der Waals surface area contributed by atoms with Crippen molar-refractivity contribution in [1.82, 2.24) is 9.88 Å². The SMILES string of the molecule is NC1CCN(C(=O)c2ccc(=O)[nH]c2)CC1. The van der Waals surface area contributed by atoms with Crippen LogP contribution < -0.4 is 11.3 Å². The number of carbonyl (C=O) groups excluding carboxylic acids is 1. The minimum Gasteiger partial charge on any atom is -0.338 e. The number of carbonyl (C=O) groups is 1. The van der Waals surface area contributed by atoms with Gasteiger partial charge in [0.25, 0.3) is 5.91 Å². The van der Waals surface area contributed by atoms with Gasteiger partial charge in [0.1, 0.15) is 0 Å². The molecule has 2 heterocycles. The summed E-state index contributed by atoms with van der Waals surface area (Å²) in [5.41, 5.74) is 6.10. The van der Waals surface area contributed by atoms with E-state index in [4.69, 9.17) is 5.73 Å². The molecule has 0 spiro atoms. The molecule has 1 saturated heterocycles. The standard InChI is InChI=1S/C11H15N3O2/c12-9-3-5-14(6-4-9)11(16)8-1-2-10(15)13-7-8/h1-2,7,9H,3-6,12H2,(H,13,15). The third-order valence-corrected chi connectivity index (χ3v) is 2.86. The lowest BCUT2D eigenvalue weighted by molar-refractivity contribution is 0.0714. The Morgan fingerprint density at radius 1 is 1.38 bits per heavy atom. The van der Waals surface area contributed by atoms with E-state index < -0.39 is 0 Å². The number of pyridine rings is 1. The molecule has 0 aromatic carbocycles. The summed E-state index contributed by atoms with van der Waals surface area (Å²) in [7, 11) is 0. The average Bonchev–Trinajstić information content (AvgIpc) is 2.30. The number of amides is 1. The van der Waals surface area contributed by atoms with Crippen LogP contribution in [0.2, 0.25) is 0 Å². The summed E-state index contributed by atoms with van der Waals surface area (Å²) in [6, 6.07) is 3.12. The summed E-state index contributed by atoms with van der Waals surface area (Å²) in [6.07, 6.45) is 3.14. The molecule has 1 aliphatic heterocycles. The monoisotopic (exact) mass is 221 g/mol. The first-order chi connectivity index (χ1) is 7.66. The molecule has 16 heavy (non-hydrogen) atoms. The third kappa shape index (κ3) is 2.30. The number of hydrogen-bond acceptors (Lipinski definition) is 3. The van der Waals surface area contributed by atoms with Gasteiger partial charge in [-0.2, -0.15) is 0 Å². The number of likely N-dealkylation sites (tertiary alicyclic amines) is 1. The number of nitrogens with zero attached hydrogens (tertiary/aromatic N) is 1. The highest BCUT2D eigenvalue weighted by Gasteiger charge is 2.21. The highest BCUT2D eigenvalue weighted by Crippen LogP contribution is 2.11. The fourth-order valence-electron chi connectivity index (χ4n) is 1.83. The van der Waals surface area contributed by atoms with Crippen LogP contribution in [-0.2, 0) is 0 Å². The fourth-order valence-corrected chi connectivity index (χ4v) is 1.83. The highest BCUT2D eigenvalue weighted by molar-refractivity contribution is 5.93. The van der Waals surface area contributed by atoms with Gasteiger partial charge in [-0.15, -0.1) is 0 Å². The van der Waals surface area contributed by atoms with Crippen molar-refractivity contribution in [2.45, 2.75) is 18.9 Å². The maximum Gasteiger partial charge on any atom is 0.255 e. The molecular weight excluding hydrogens is 206 g/mol. The van der Waals surface area contributed by atoms with Gasteiger partial charge in [0, 0.05) is 31.4 Å². The summed E-state index contributed by atoms with van der Waals surface area (Å²) >= 11 is 0. The van der Waals surface area contributed by atoms with Gasteiger partial charge >= 0.3 is 0 Å². The van der Waals surface area contributed by atoms with Crippen molar-refractivity contribution in [3.05, 3.63) is 34.2 Å². The first-order valence-corrected chi connectivity index (χ1v) is 5.40. The normalized spacial score (nSPS) is 17.4. The Labute approximate surface area is 93.3 Å². The molecule has 0 atom stereocenters. The van der Waals surface area contributed by atoms with Gasteiger partial charge < -0.3 is 15.6 Å². The van der Waals surface area contributed by atoms with Gasteiger partial charge in [-0.05, 0) is 18.9 Å². The van der Waals surface area contributed by atoms with Crippen LogP contribution in [0.1, 0.15) is 23.2 Å². The van der Waals surface area contributed by atoms with Crippen LogP contribution >= 0.6 is 0 Å². The Balaban J connectivity index is 2.07. The molecule has 1 fully saturated rings. The van der Waals surface area contributed by atoms with Gasteiger partial charge in [-0.1, -0.05) is 0 Å². The smallest absolute Gasteiger partial charge is 0.255 e. The predicted molar refractivity (Wildman–Crippen MR) is 60.2 cm³/mol. The number of piperidine rings is 1.